The summed E-state index contributed by atoms with van der Waals surface area (Å²) in [6.07, 6.45) is 1.36. The number of carbonyl (C=O) groups excluding carboxylic acids is 2. The lowest BCUT2D eigenvalue weighted by atomic mass is 10.0. The average Bonchev–Trinajstić information content (AvgIpc) is 2.84. The van der Waals surface area contributed by atoms with E-state index in [-0.39, 0.29) is 24.3 Å². The minimum absolute atomic E-state index is 0.0129. The fourth-order valence-corrected chi connectivity index (χ4v) is 4.15. The summed E-state index contributed by atoms with van der Waals surface area (Å²) in [6.45, 7) is 4.32. The van der Waals surface area contributed by atoms with Gasteiger partial charge in [0.15, 0.2) is 0 Å². The maximum Gasteiger partial charge on any atom is 0.243 e. The molecule has 0 aliphatic rings. The van der Waals surface area contributed by atoms with Crippen molar-refractivity contribution in [2.24, 2.45) is 0 Å². The van der Waals surface area contributed by atoms with E-state index in [1.54, 1.807) is 11.0 Å². The molecule has 4 nitrogen and oxygen atoms in total. The number of nitrogens with one attached hydrogen (secondary N) is 1. The Morgan fingerprint density at radius 2 is 1.59 bits per heavy atom. The lowest BCUT2D eigenvalue weighted by molar-refractivity contribution is -0.141. The minimum atomic E-state index is -0.657. The number of benzene rings is 3. The number of amides is 2. The van der Waals surface area contributed by atoms with Gasteiger partial charge in [-0.3, -0.25) is 9.59 Å². The third-order valence-electron chi connectivity index (χ3n) is 5.84. The van der Waals surface area contributed by atoms with Crippen molar-refractivity contribution in [1.29, 1.82) is 0 Å². The van der Waals surface area contributed by atoms with Crippen LogP contribution in [0.5, 0.6) is 0 Å². The van der Waals surface area contributed by atoms with Gasteiger partial charge in [0.2, 0.25) is 11.8 Å². The minimum Gasteiger partial charge on any atom is -0.352 e. The van der Waals surface area contributed by atoms with Crippen molar-refractivity contribution in [3.63, 3.8) is 0 Å². The summed E-state index contributed by atoms with van der Waals surface area (Å²) in [6, 6.07) is 24.3. The molecule has 0 fully saturated rings. The first-order chi connectivity index (χ1) is 16.4. The molecule has 3 aromatic carbocycles. The molecule has 0 saturated heterocycles. The van der Waals surface area contributed by atoms with Crippen LogP contribution in [0, 0.1) is 0 Å². The van der Waals surface area contributed by atoms with E-state index < -0.39 is 6.04 Å². The molecular weight excluding hydrogens is 512 g/mol. The summed E-state index contributed by atoms with van der Waals surface area (Å²) in [5, 5.41) is 3.63. The van der Waals surface area contributed by atoms with Crippen LogP contribution in [0.4, 0.5) is 0 Å². The van der Waals surface area contributed by atoms with Crippen LogP contribution >= 0.6 is 27.5 Å². The summed E-state index contributed by atoms with van der Waals surface area (Å²) in [5.41, 5.74) is 2.69. The second-order valence-electron chi connectivity index (χ2n) is 8.44. The molecule has 0 spiro atoms. The van der Waals surface area contributed by atoms with E-state index in [9.17, 15) is 9.59 Å². The van der Waals surface area contributed by atoms with Crippen LogP contribution < -0.4 is 5.32 Å². The van der Waals surface area contributed by atoms with Gasteiger partial charge < -0.3 is 10.2 Å². The molecule has 6 heteroatoms. The zero-order valence-corrected chi connectivity index (χ0v) is 21.9. The van der Waals surface area contributed by atoms with Crippen LogP contribution in [0.25, 0.3) is 0 Å². The topological polar surface area (TPSA) is 49.4 Å². The average molecular weight is 542 g/mol. The van der Waals surface area contributed by atoms with Crippen LogP contribution in [0.2, 0.25) is 5.02 Å². The van der Waals surface area contributed by atoms with Gasteiger partial charge in [0.05, 0.1) is 6.42 Å². The summed E-state index contributed by atoms with van der Waals surface area (Å²) in [4.78, 5) is 28.9. The van der Waals surface area contributed by atoms with Crippen molar-refractivity contribution in [2.75, 3.05) is 0 Å². The smallest absolute Gasteiger partial charge is 0.243 e. The molecule has 0 heterocycles. The van der Waals surface area contributed by atoms with E-state index in [0.29, 0.717) is 18.0 Å². The Hall–Kier alpha value is -2.63. The van der Waals surface area contributed by atoms with Gasteiger partial charge in [-0.25, -0.2) is 0 Å². The first kappa shape index (κ1) is 26.0. The predicted octanol–water partition coefficient (Wildman–Crippen LogP) is 6.20. The van der Waals surface area contributed by atoms with Gasteiger partial charge in [-0.15, -0.1) is 0 Å². The largest absolute Gasteiger partial charge is 0.352 e. The lowest BCUT2D eigenvalue weighted by Crippen LogP contribution is -2.52. The quantitative estimate of drug-likeness (QED) is 0.332. The van der Waals surface area contributed by atoms with Crippen LogP contribution in [0.15, 0.2) is 83.3 Å². The van der Waals surface area contributed by atoms with E-state index in [2.05, 4.69) is 21.2 Å². The van der Waals surface area contributed by atoms with Crippen molar-refractivity contribution in [3.8, 4) is 0 Å². The zero-order chi connectivity index (χ0) is 24.5. The summed E-state index contributed by atoms with van der Waals surface area (Å²) < 4.78 is 0.959. The third kappa shape index (κ3) is 7.44. The number of carbonyl (C=O) groups is 2. The summed E-state index contributed by atoms with van der Waals surface area (Å²) >= 11 is 9.82. The van der Waals surface area contributed by atoms with Gasteiger partial charge in [0, 0.05) is 28.5 Å². The van der Waals surface area contributed by atoms with Gasteiger partial charge in [0.25, 0.3) is 0 Å². The molecule has 0 aliphatic heterocycles. The maximum absolute atomic E-state index is 13.7. The van der Waals surface area contributed by atoms with Crippen LogP contribution in [-0.2, 0) is 29.0 Å². The molecule has 34 heavy (non-hydrogen) atoms. The number of nitrogens with zero attached hydrogens (tertiary/aromatic N) is 1. The molecule has 1 N–H and O–H groups in total. The normalized spacial score (nSPS) is 12.6. The Labute approximate surface area is 215 Å². The SMILES string of the molecule is CC[C@@H](C)NC(=O)[C@H](Cc1ccccc1)N(Cc1ccc(Br)cc1)C(=O)Cc1ccccc1Cl. The highest BCUT2D eigenvalue weighted by Gasteiger charge is 2.31. The Bertz CT molecular complexity index is 1090. The molecular formula is C28H30BrClN2O2. The molecule has 0 bridgehead atoms. The molecule has 0 radical (unpaired) electrons. The Morgan fingerprint density at radius 3 is 2.24 bits per heavy atom. The second-order valence-corrected chi connectivity index (χ2v) is 9.76. The molecule has 178 valence electrons. The fraction of sp³-hybridized carbons (Fsp3) is 0.286. The number of halogens is 2. The second kappa shape index (κ2) is 12.7. The van der Waals surface area contributed by atoms with Gasteiger partial charge in [-0.1, -0.05) is 95.1 Å². The Kier molecular flexibility index (Phi) is 9.73. The number of hydrogen-bond acceptors (Lipinski definition) is 2. The molecule has 3 aromatic rings. The number of hydrogen-bond donors (Lipinski definition) is 1. The molecule has 2 atom stereocenters. The van der Waals surface area contributed by atoms with Crippen molar-refractivity contribution in [3.05, 3.63) is 105 Å². The Balaban J connectivity index is 1.97. The highest BCUT2D eigenvalue weighted by Crippen LogP contribution is 2.21. The molecule has 0 saturated carbocycles. The Morgan fingerprint density at radius 1 is 0.941 bits per heavy atom. The van der Waals surface area contributed by atoms with Crippen molar-refractivity contribution in [1.82, 2.24) is 10.2 Å². The van der Waals surface area contributed by atoms with E-state index in [0.717, 1.165) is 27.6 Å². The molecule has 0 aliphatic carbocycles. The van der Waals surface area contributed by atoms with E-state index in [1.807, 2.05) is 86.6 Å². The van der Waals surface area contributed by atoms with E-state index in [4.69, 9.17) is 11.6 Å². The van der Waals surface area contributed by atoms with Crippen LogP contribution in [0.3, 0.4) is 0 Å². The van der Waals surface area contributed by atoms with E-state index in [1.165, 1.54) is 0 Å². The van der Waals surface area contributed by atoms with Crippen LogP contribution in [-0.4, -0.2) is 28.8 Å². The summed E-state index contributed by atoms with van der Waals surface area (Å²) in [7, 11) is 0. The molecule has 0 aromatic heterocycles. The fourth-order valence-electron chi connectivity index (χ4n) is 3.69. The van der Waals surface area contributed by atoms with Crippen molar-refractivity contribution >= 4 is 39.3 Å². The first-order valence-corrected chi connectivity index (χ1v) is 12.7. The van der Waals surface area contributed by atoms with Gasteiger partial charge in [-0.05, 0) is 48.2 Å². The predicted molar refractivity (Wildman–Crippen MR) is 142 cm³/mol. The highest BCUT2D eigenvalue weighted by atomic mass is 79.9. The summed E-state index contributed by atoms with van der Waals surface area (Å²) in [5.74, 6) is -0.293. The standard InChI is InChI=1S/C28H30BrClN2O2/c1-3-20(2)31-28(34)26(17-21-9-5-4-6-10-21)32(19-22-13-15-24(29)16-14-22)27(33)18-23-11-7-8-12-25(23)30/h4-16,20,26H,3,17-19H2,1-2H3,(H,31,34)/t20-,26+/m1/s1. The first-order valence-electron chi connectivity index (χ1n) is 11.5. The lowest BCUT2D eigenvalue weighted by Gasteiger charge is -2.32. The zero-order valence-electron chi connectivity index (χ0n) is 19.5. The monoisotopic (exact) mass is 540 g/mol. The van der Waals surface area contributed by atoms with Gasteiger partial charge in [-0.2, -0.15) is 0 Å². The number of rotatable bonds is 10. The third-order valence-corrected chi connectivity index (χ3v) is 6.74. The molecule has 0 unspecified atom stereocenters. The highest BCUT2D eigenvalue weighted by molar-refractivity contribution is 9.10. The molecule has 2 amide bonds. The van der Waals surface area contributed by atoms with Crippen molar-refractivity contribution in [2.45, 2.75) is 51.7 Å². The van der Waals surface area contributed by atoms with Gasteiger partial charge in [0.1, 0.15) is 6.04 Å². The van der Waals surface area contributed by atoms with Crippen LogP contribution in [0.1, 0.15) is 37.0 Å². The maximum atomic E-state index is 13.7. The van der Waals surface area contributed by atoms with Crippen molar-refractivity contribution < 1.29 is 9.59 Å². The molecule has 3 rings (SSSR count). The van der Waals surface area contributed by atoms with Gasteiger partial charge >= 0.3 is 0 Å². The van der Waals surface area contributed by atoms with E-state index >= 15 is 0 Å².